The number of rotatable bonds is 4. The summed E-state index contributed by atoms with van der Waals surface area (Å²) in [4.78, 5) is 23.4. The smallest absolute Gasteiger partial charge is 0.272 e. The molecule has 0 spiro atoms. The summed E-state index contributed by atoms with van der Waals surface area (Å²) < 4.78 is 0. The van der Waals surface area contributed by atoms with E-state index in [4.69, 9.17) is 0 Å². The summed E-state index contributed by atoms with van der Waals surface area (Å²) in [6.07, 6.45) is 1.52. The first-order valence-corrected chi connectivity index (χ1v) is 6.37. The number of hydrogen-bond acceptors (Lipinski definition) is 5. The molecular formula is C12H17N5O2. The first-order valence-electron chi connectivity index (χ1n) is 6.37. The third kappa shape index (κ3) is 3.40. The summed E-state index contributed by atoms with van der Waals surface area (Å²) in [6, 6.07) is 2.80. The van der Waals surface area contributed by atoms with Crippen LogP contribution >= 0.6 is 0 Å². The van der Waals surface area contributed by atoms with E-state index in [1.54, 1.807) is 12.1 Å². The molecule has 3 N–H and O–H groups in total. The van der Waals surface area contributed by atoms with Crippen LogP contribution in [0.25, 0.3) is 0 Å². The van der Waals surface area contributed by atoms with Crippen LogP contribution in [0.1, 0.15) is 30.3 Å². The summed E-state index contributed by atoms with van der Waals surface area (Å²) in [7, 11) is 0. The first kappa shape index (κ1) is 13.3. The molecule has 0 aliphatic carbocycles. The van der Waals surface area contributed by atoms with Gasteiger partial charge in [0.05, 0.1) is 0 Å². The first-order chi connectivity index (χ1) is 9.20. The third-order valence-electron chi connectivity index (χ3n) is 2.85. The number of piperidine rings is 1. The summed E-state index contributed by atoms with van der Waals surface area (Å²) in [6.45, 7) is 3.36. The maximum absolute atomic E-state index is 11.9. The topological polar surface area (TPSA) is 96.0 Å². The van der Waals surface area contributed by atoms with Crippen LogP contribution in [0, 0.1) is 0 Å². The van der Waals surface area contributed by atoms with Crippen LogP contribution in [0.5, 0.6) is 0 Å². The Morgan fingerprint density at radius 1 is 1.47 bits per heavy atom. The fraction of sp³-hybridized carbons (Fsp3) is 0.500. The van der Waals surface area contributed by atoms with Gasteiger partial charge in [-0.2, -0.15) is 0 Å². The molecule has 0 radical (unpaired) electrons. The van der Waals surface area contributed by atoms with Crippen molar-refractivity contribution in [3.8, 4) is 0 Å². The van der Waals surface area contributed by atoms with Gasteiger partial charge in [-0.1, -0.05) is 0 Å². The van der Waals surface area contributed by atoms with E-state index in [1.807, 2.05) is 6.92 Å². The minimum absolute atomic E-state index is 0.142. The molecule has 1 aliphatic rings. The molecule has 1 atom stereocenters. The Morgan fingerprint density at radius 2 is 2.32 bits per heavy atom. The molecule has 7 nitrogen and oxygen atoms in total. The second-order valence-corrected chi connectivity index (χ2v) is 4.29. The van der Waals surface area contributed by atoms with E-state index in [0.717, 1.165) is 13.0 Å². The second kappa shape index (κ2) is 6.12. The molecule has 1 unspecified atom stereocenters. The number of nitrogens with one attached hydrogen (secondary N) is 3. The summed E-state index contributed by atoms with van der Waals surface area (Å²) in [5.41, 5.74) is 0.208. The van der Waals surface area contributed by atoms with Gasteiger partial charge in [0.25, 0.3) is 5.91 Å². The van der Waals surface area contributed by atoms with Crippen molar-refractivity contribution in [2.45, 2.75) is 25.8 Å². The highest BCUT2D eigenvalue weighted by molar-refractivity contribution is 5.96. The van der Waals surface area contributed by atoms with E-state index in [0.29, 0.717) is 18.8 Å². The molecule has 1 fully saturated rings. The van der Waals surface area contributed by atoms with Crippen molar-refractivity contribution in [3.05, 3.63) is 17.8 Å². The van der Waals surface area contributed by atoms with Crippen molar-refractivity contribution in [2.75, 3.05) is 18.4 Å². The lowest BCUT2D eigenvalue weighted by atomic mass is 10.1. The van der Waals surface area contributed by atoms with Gasteiger partial charge in [0.2, 0.25) is 5.91 Å². The number of amides is 2. The molecule has 19 heavy (non-hydrogen) atoms. The van der Waals surface area contributed by atoms with Crippen molar-refractivity contribution < 1.29 is 9.59 Å². The minimum atomic E-state index is -0.475. The Labute approximate surface area is 111 Å². The van der Waals surface area contributed by atoms with Crippen LogP contribution in [0.3, 0.4) is 0 Å². The van der Waals surface area contributed by atoms with Gasteiger partial charge in [-0.05, 0) is 31.9 Å². The quantitative estimate of drug-likeness (QED) is 0.706. The minimum Gasteiger partial charge on any atom is -0.369 e. The number of hydrogen-bond donors (Lipinski definition) is 3. The van der Waals surface area contributed by atoms with Crippen LogP contribution in [0.2, 0.25) is 0 Å². The number of nitrogens with zero attached hydrogens (tertiary/aromatic N) is 2. The molecule has 0 bridgehead atoms. The predicted octanol–water partition coefficient (Wildman–Crippen LogP) is -0.0832. The molecule has 1 aliphatic heterocycles. The van der Waals surface area contributed by atoms with Gasteiger partial charge < -0.3 is 16.0 Å². The Kier molecular flexibility index (Phi) is 4.27. The second-order valence-electron chi connectivity index (χ2n) is 4.29. The van der Waals surface area contributed by atoms with Gasteiger partial charge in [0.15, 0.2) is 5.69 Å². The van der Waals surface area contributed by atoms with Gasteiger partial charge in [0.1, 0.15) is 11.9 Å². The molecule has 0 saturated carbocycles. The number of anilines is 1. The molecule has 2 heterocycles. The number of aromatic nitrogens is 2. The fourth-order valence-electron chi connectivity index (χ4n) is 1.87. The lowest BCUT2D eigenvalue weighted by molar-refractivity contribution is -0.124. The summed E-state index contributed by atoms with van der Waals surface area (Å²) >= 11 is 0. The molecular weight excluding hydrogens is 246 g/mol. The number of carbonyl (C=O) groups is 2. The average Bonchev–Trinajstić information content (AvgIpc) is 2.42. The van der Waals surface area contributed by atoms with E-state index in [-0.39, 0.29) is 17.5 Å². The highest BCUT2D eigenvalue weighted by Gasteiger charge is 2.24. The molecule has 7 heteroatoms. The van der Waals surface area contributed by atoms with Crippen LogP contribution in [-0.2, 0) is 4.79 Å². The molecule has 1 aromatic heterocycles. The normalized spacial score (nSPS) is 18.6. The van der Waals surface area contributed by atoms with Crippen LogP contribution in [0.4, 0.5) is 5.82 Å². The fourth-order valence-corrected chi connectivity index (χ4v) is 1.87. The SMILES string of the molecule is CCNc1ccc(C(=O)NC2CCCNC2=O)nn1. The zero-order valence-corrected chi connectivity index (χ0v) is 10.8. The average molecular weight is 263 g/mol. The van der Waals surface area contributed by atoms with E-state index >= 15 is 0 Å². The van der Waals surface area contributed by atoms with E-state index in [1.165, 1.54) is 0 Å². The van der Waals surface area contributed by atoms with E-state index < -0.39 is 6.04 Å². The van der Waals surface area contributed by atoms with Gasteiger partial charge in [-0.15, -0.1) is 10.2 Å². The lowest BCUT2D eigenvalue weighted by Crippen LogP contribution is -2.50. The molecule has 102 valence electrons. The van der Waals surface area contributed by atoms with Gasteiger partial charge in [0, 0.05) is 13.1 Å². The van der Waals surface area contributed by atoms with Crippen LogP contribution < -0.4 is 16.0 Å². The standard InChI is InChI=1S/C12H17N5O2/c1-2-13-10-6-5-9(16-17-10)12(19)15-8-4-3-7-14-11(8)18/h5-6,8H,2-4,7H2,1H3,(H,13,17)(H,14,18)(H,15,19). The Bertz CT molecular complexity index is 460. The molecule has 2 amide bonds. The number of carbonyl (C=O) groups excluding carboxylic acids is 2. The molecule has 1 saturated heterocycles. The summed E-state index contributed by atoms with van der Waals surface area (Å²) in [5, 5.41) is 16.1. The van der Waals surface area contributed by atoms with Crippen molar-refractivity contribution >= 4 is 17.6 Å². The van der Waals surface area contributed by atoms with E-state index in [9.17, 15) is 9.59 Å². The highest BCUT2D eigenvalue weighted by atomic mass is 16.2. The Morgan fingerprint density at radius 3 is 2.95 bits per heavy atom. The monoisotopic (exact) mass is 263 g/mol. The van der Waals surface area contributed by atoms with Gasteiger partial charge in [-0.3, -0.25) is 9.59 Å². The van der Waals surface area contributed by atoms with Crippen LogP contribution in [-0.4, -0.2) is 41.1 Å². The maximum atomic E-state index is 11.9. The zero-order chi connectivity index (χ0) is 13.7. The highest BCUT2D eigenvalue weighted by Crippen LogP contribution is 2.05. The van der Waals surface area contributed by atoms with E-state index in [2.05, 4.69) is 26.1 Å². The van der Waals surface area contributed by atoms with Crippen molar-refractivity contribution in [1.82, 2.24) is 20.8 Å². The van der Waals surface area contributed by atoms with Crippen molar-refractivity contribution in [1.29, 1.82) is 0 Å². The molecule has 1 aromatic rings. The maximum Gasteiger partial charge on any atom is 0.272 e. The van der Waals surface area contributed by atoms with Crippen molar-refractivity contribution in [3.63, 3.8) is 0 Å². The summed E-state index contributed by atoms with van der Waals surface area (Å²) in [5.74, 6) is 0.101. The van der Waals surface area contributed by atoms with Gasteiger partial charge in [-0.25, -0.2) is 0 Å². The molecule has 2 rings (SSSR count). The third-order valence-corrected chi connectivity index (χ3v) is 2.85. The lowest BCUT2D eigenvalue weighted by Gasteiger charge is -2.22. The Hall–Kier alpha value is -2.18. The van der Waals surface area contributed by atoms with Crippen molar-refractivity contribution in [2.24, 2.45) is 0 Å². The van der Waals surface area contributed by atoms with Crippen LogP contribution in [0.15, 0.2) is 12.1 Å². The molecule has 0 aromatic carbocycles. The Balaban J connectivity index is 1.97. The van der Waals surface area contributed by atoms with Gasteiger partial charge >= 0.3 is 0 Å². The largest absolute Gasteiger partial charge is 0.369 e. The zero-order valence-electron chi connectivity index (χ0n) is 10.8. The predicted molar refractivity (Wildman–Crippen MR) is 69.7 cm³/mol.